The molecule has 0 amide bonds. The number of hydrogen-bond acceptors (Lipinski definition) is 5. The summed E-state index contributed by atoms with van der Waals surface area (Å²) in [5.74, 6) is 2.80. The summed E-state index contributed by atoms with van der Waals surface area (Å²) in [4.78, 5) is 9.95. The molecule has 0 spiro atoms. The molecule has 0 saturated carbocycles. The van der Waals surface area contributed by atoms with Gasteiger partial charge in [-0.25, -0.2) is 4.98 Å². The highest BCUT2D eigenvalue weighted by Gasteiger charge is 2.10. The number of guanidine groups is 1. The van der Waals surface area contributed by atoms with Gasteiger partial charge in [0.15, 0.2) is 11.7 Å². The molecule has 25 heavy (non-hydrogen) atoms. The molecular weight excluding hydrogens is 451 g/mol. The minimum Gasteiger partial charge on any atom is -0.461 e. The molecule has 1 atom stereocenters. The van der Waals surface area contributed by atoms with Crippen molar-refractivity contribution in [3.8, 4) is 11.6 Å². The first-order chi connectivity index (χ1) is 11.8. The maximum absolute atomic E-state index is 5.28. The Kier molecular flexibility index (Phi) is 7.44. The second kappa shape index (κ2) is 9.56. The molecule has 7 nitrogen and oxygen atoms in total. The van der Waals surface area contributed by atoms with Crippen molar-refractivity contribution in [3.05, 3.63) is 46.6 Å². The highest BCUT2D eigenvalue weighted by atomic mass is 127. The fraction of sp³-hybridized carbons (Fsp3) is 0.312. The average molecular weight is 472 g/mol. The lowest BCUT2D eigenvalue weighted by Gasteiger charge is -2.16. The molecule has 3 aromatic heterocycles. The van der Waals surface area contributed by atoms with Crippen LogP contribution in [0.5, 0.6) is 0 Å². The number of nitrogens with one attached hydrogen (secondary N) is 3. The molecule has 0 fully saturated rings. The van der Waals surface area contributed by atoms with Crippen molar-refractivity contribution in [2.45, 2.75) is 19.4 Å². The lowest BCUT2D eigenvalue weighted by Crippen LogP contribution is -2.39. The predicted molar refractivity (Wildman–Crippen MR) is 110 cm³/mol. The van der Waals surface area contributed by atoms with Gasteiger partial charge in [-0.05, 0) is 30.5 Å². The largest absolute Gasteiger partial charge is 0.461 e. The number of halogens is 1. The number of furan rings is 1. The van der Waals surface area contributed by atoms with Gasteiger partial charge in [-0.2, -0.15) is 5.10 Å². The molecule has 3 heterocycles. The van der Waals surface area contributed by atoms with Crippen LogP contribution < -0.4 is 10.6 Å². The second-order valence-electron chi connectivity index (χ2n) is 5.21. The molecular formula is C16H21IN6OS. The van der Waals surface area contributed by atoms with E-state index in [1.165, 1.54) is 4.88 Å². The van der Waals surface area contributed by atoms with Gasteiger partial charge >= 0.3 is 0 Å². The van der Waals surface area contributed by atoms with E-state index in [1.807, 2.05) is 12.1 Å². The molecule has 0 bridgehead atoms. The number of hydrogen-bond donors (Lipinski definition) is 3. The normalized spacial score (nSPS) is 12.5. The molecule has 0 aromatic carbocycles. The molecule has 9 heteroatoms. The van der Waals surface area contributed by atoms with Gasteiger partial charge in [0, 0.05) is 24.9 Å². The van der Waals surface area contributed by atoms with Crippen LogP contribution in [0.2, 0.25) is 0 Å². The molecule has 0 aliphatic heterocycles. The summed E-state index contributed by atoms with van der Waals surface area (Å²) in [6.07, 6.45) is 2.32. The average Bonchev–Trinajstić information content (AvgIpc) is 3.34. The summed E-state index contributed by atoms with van der Waals surface area (Å²) >= 11 is 1.73. The lowest BCUT2D eigenvalue weighted by molar-refractivity contribution is 0.577. The van der Waals surface area contributed by atoms with Gasteiger partial charge in [0.05, 0.1) is 12.3 Å². The predicted octanol–water partition coefficient (Wildman–Crippen LogP) is 3.21. The summed E-state index contributed by atoms with van der Waals surface area (Å²) < 4.78 is 5.28. The maximum atomic E-state index is 5.28. The number of aromatic nitrogens is 3. The van der Waals surface area contributed by atoms with Crippen molar-refractivity contribution in [2.24, 2.45) is 4.99 Å². The van der Waals surface area contributed by atoms with E-state index in [0.29, 0.717) is 24.6 Å². The Morgan fingerprint density at radius 3 is 2.96 bits per heavy atom. The van der Waals surface area contributed by atoms with Gasteiger partial charge in [-0.15, -0.1) is 35.3 Å². The zero-order valence-corrected chi connectivity index (χ0v) is 17.2. The van der Waals surface area contributed by atoms with E-state index >= 15 is 0 Å². The van der Waals surface area contributed by atoms with E-state index in [-0.39, 0.29) is 30.0 Å². The fourth-order valence-corrected chi connectivity index (χ4v) is 2.97. The van der Waals surface area contributed by atoms with E-state index in [2.05, 4.69) is 55.2 Å². The minimum atomic E-state index is 0. The summed E-state index contributed by atoms with van der Waals surface area (Å²) in [5.41, 5.74) is 0. The minimum absolute atomic E-state index is 0. The monoisotopic (exact) mass is 472 g/mol. The van der Waals surface area contributed by atoms with Crippen molar-refractivity contribution in [2.75, 3.05) is 13.6 Å². The number of thiophene rings is 1. The molecule has 134 valence electrons. The Morgan fingerprint density at radius 1 is 1.40 bits per heavy atom. The number of aromatic amines is 1. The van der Waals surface area contributed by atoms with Gasteiger partial charge in [0.25, 0.3) is 0 Å². The molecule has 1 unspecified atom stereocenters. The number of nitrogens with zero attached hydrogens (tertiary/aromatic N) is 3. The number of rotatable bonds is 6. The SMILES string of the molecule is CN=C(NCCc1nc(-c2ccco2)n[nH]1)NC(C)c1cccs1.I. The van der Waals surface area contributed by atoms with Crippen LogP contribution in [0.1, 0.15) is 23.7 Å². The number of H-pyrrole nitrogens is 1. The molecule has 3 aromatic rings. The first-order valence-corrected chi connectivity index (χ1v) is 8.60. The van der Waals surface area contributed by atoms with Gasteiger partial charge in [0.2, 0.25) is 5.82 Å². The topological polar surface area (TPSA) is 91.1 Å². The van der Waals surface area contributed by atoms with E-state index in [0.717, 1.165) is 11.8 Å². The van der Waals surface area contributed by atoms with E-state index in [1.54, 1.807) is 24.6 Å². The van der Waals surface area contributed by atoms with Crippen molar-refractivity contribution >= 4 is 41.3 Å². The van der Waals surface area contributed by atoms with Gasteiger partial charge in [-0.1, -0.05) is 6.07 Å². The van der Waals surface area contributed by atoms with Crippen LogP contribution in [-0.4, -0.2) is 34.7 Å². The standard InChI is InChI=1S/C16H20N6OS.HI/c1-11(13-6-4-10-24-13)19-16(17-2)18-8-7-14-20-15(22-21-14)12-5-3-9-23-12;/h3-6,9-11H,7-8H2,1-2H3,(H2,17,18,19)(H,20,21,22);1H. The summed E-state index contributed by atoms with van der Waals surface area (Å²) in [6, 6.07) is 8.03. The smallest absolute Gasteiger partial charge is 0.216 e. The van der Waals surface area contributed by atoms with Crippen LogP contribution in [0.3, 0.4) is 0 Å². The quantitative estimate of drug-likeness (QED) is 0.291. The zero-order chi connectivity index (χ0) is 16.8. The zero-order valence-electron chi connectivity index (χ0n) is 14.0. The van der Waals surface area contributed by atoms with Gasteiger partial charge < -0.3 is 15.1 Å². The molecule has 0 radical (unpaired) electrons. The third-order valence-corrected chi connectivity index (χ3v) is 4.53. The van der Waals surface area contributed by atoms with Crippen molar-refractivity contribution < 1.29 is 4.42 Å². The highest BCUT2D eigenvalue weighted by Crippen LogP contribution is 2.17. The Balaban J connectivity index is 0.00000225. The van der Waals surface area contributed by atoms with Gasteiger partial charge in [0.1, 0.15) is 5.82 Å². The highest BCUT2D eigenvalue weighted by molar-refractivity contribution is 14.0. The fourth-order valence-electron chi connectivity index (χ4n) is 2.23. The summed E-state index contributed by atoms with van der Waals surface area (Å²) in [5, 5.41) is 15.8. The van der Waals surface area contributed by atoms with E-state index in [9.17, 15) is 0 Å². The van der Waals surface area contributed by atoms with Crippen LogP contribution in [0.25, 0.3) is 11.6 Å². The maximum Gasteiger partial charge on any atom is 0.216 e. The van der Waals surface area contributed by atoms with Crippen LogP contribution in [0, 0.1) is 0 Å². The molecule has 0 aliphatic carbocycles. The Morgan fingerprint density at radius 2 is 2.28 bits per heavy atom. The van der Waals surface area contributed by atoms with Gasteiger partial charge in [-0.3, -0.25) is 10.1 Å². The number of aliphatic imine (C=N–C) groups is 1. The second-order valence-corrected chi connectivity index (χ2v) is 6.19. The first-order valence-electron chi connectivity index (χ1n) is 7.72. The molecule has 3 rings (SSSR count). The third-order valence-electron chi connectivity index (χ3n) is 3.47. The van der Waals surface area contributed by atoms with Crippen molar-refractivity contribution in [1.82, 2.24) is 25.8 Å². The molecule has 3 N–H and O–H groups in total. The van der Waals surface area contributed by atoms with Crippen LogP contribution in [0.4, 0.5) is 0 Å². The summed E-state index contributed by atoms with van der Waals surface area (Å²) in [7, 11) is 1.76. The van der Waals surface area contributed by atoms with E-state index in [4.69, 9.17) is 4.42 Å². The van der Waals surface area contributed by atoms with Crippen LogP contribution in [-0.2, 0) is 6.42 Å². The van der Waals surface area contributed by atoms with Crippen LogP contribution in [0.15, 0.2) is 45.3 Å². The molecule has 0 saturated heterocycles. The van der Waals surface area contributed by atoms with E-state index < -0.39 is 0 Å². The van der Waals surface area contributed by atoms with Crippen molar-refractivity contribution in [3.63, 3.8) is 0 Å². The first kappa shape index (κ1) is 19.4. The summed E-state index contributed by atoms with van der Waals surface area (Å²) in [6.45, 7) is 2.81. The van der Waals surface area contributed by atoms with Crippen molar-refractivity contribution in [1.29, 1.82) is 0 Å². The third kappa shape index (κ3) is 5.30. The van der Waals surface area contributed by atoms with Crippen LogP contribution >= 0.6 is 35.3 Å². The Labute approximate surface area is 167 Å². The Hall–Kier alpha value is -1.88. The molecule has 0 aliphatic rings. The Bertz CT molecular complexity index is 769. The lowest BCUT2D eigenvalue weighted by atomic mass is 10.3.